The molecule has 5 heteroatoms. The van der Waals surface area contributed by atoms with Crippen molar-refractivity contribution in [1.82, 2.24) is 4.90 Å². The minimum Gasteiger partial charge on any atom is -0.336 e. The first kappa shape index (κ1) is 20.0. The molecule has 2 amide bonds. The summed E-state index contributed by atoms with van der Waals surface area (Å²) in [6.07, 6.45) is 0.848. The minimum atomic E-state index is -0.176. The highest BCUT2D eigenvalue weighted by Crippen LogP contribution is 2.16. The number of aryl methyl sites for hydroxylation is 2. The molecule has 0 unspecified atom stereocenters. The lowest BCUT2D eigenvalue weighted by molar-refractivity contribution is -0.131. The molecule has 0 saturated heterocycles. The van der Waals surface area contributed by atoms with Gasteiger partial charge in [-0.25, -0.2) is 0 Å². The first-order valence-corrected chi connectivity index (χ1v) is 9.90. The van der Waals surface area contributed by atoms with Gasteiger partial charge in [0.2, 0.25) is 11.8 Å². The van der Waals surface area contributed by atoms with Gasteiger partial charge in [-0.05, 0) is 30.5 Å². The van der Waals surface area contributed by atoms with Gasteiger partial charge in [0.25, 0.3) is 0 Å². The zero-order valence-corrected chi connectivity index (χ0v) is 16.4. The molecule has 0 atom stereocenters. The van der Waals surface area contributed by atoms with E-state index < -0.39 is 0 Å². The summed E-state index contributed by atoms with van der Waals surface area (Å²) in [5.74, 6) is 0.938. The SMILES string of the molecule is CCc1ccccc1NC(=O)CN(C)C(=O)CSCc1cccc(C)c1. The number of rotatable bonds is 8. The fourth-order valence-corrected chi connectivity index (χ4v) is 3.52. The van der Waals surface area contributed by atoms with E-state index in [0.29, 0.717) is 5.75 Å². The number of carbonyl (C=O) groups excluding carboxylic acids is 2. The van der Waals surface area contributed by atoms with Gasteiger partial charge in [-0.2, -0.15) is 0 Å². The second kappa shape index (κ2) is 10.0. The molecular formula is C21H26N2O2S. The van der Waals surface area contributed by atoms with Gasteiger partial charge in [0.05, 0.1) is 12.3 Å². The molecule has 138 valence electrons. The highest BCUT2D eigenvalue weighted by atomic mass is 32.2. The average Bonchev–Trinajstić information content (AvgIpc) is 2.62. The van der Waals surface area contributed by atoms with E-state index in [9.17, 15) is 9.59 Å². The van der Waals surface area contributed by atoms with Crippen LogP contribution in [0.5, 0.6) is 0 Å². The molecule has 2 aromatic carbocycles. The van der Waals surface area contributed by atoms with Crippen molar-refractivity contribution in [3.8, 4) is 0 Å². The fourth-order valence-electron chi connectivity index (χ4n) is 2.61. The van der Waals surface area contributed by atoms with Gasteiger partial charge < -0.3 is 10.2 Å². The number of hydrogen-bond donors (Lipinski definition) is 1. The van der Waals surface area contributed by atoms with Crippen LogP contribution < -0.4 is 5.32 Å². The van der Waals surface area contributed by atoms with Crippen molar-refractivity contribution in [1.29, 1.82) is 0 Å². The number of para-hydroxylation sites is 1. The average molecular weight is 371 g/mol. The van der Waals surface area contributed by atoms with E-state index in [4.69, 9.17) is 0 Å². The Morgan fingerprint density at radius 3 is 2.62 bits per heavy atom. The monoisotopic (exact) mass is 370 g/mol. The quantitative estimate of drug-likeness (QED) is 0.767. The number of anilines is 1. The molecule has 26 heavy (non-hydrogen) atoms. The normalized spacial score (nSPS) is 10.4. The summed E-state index contributed by atoms with van der Waals surface area (Å²) >= 11 is 1.57. The van der Waals surface area contributed by atoms with E-state index in [1.165, 1.54) is 16.0 Å². The van der Waals surface area contributed by atoms with Crippen molar-refractivity contribution in [2.45, 2.75) is 26.0 Å². The highest BCUT2D eigenvalue weighted by Gasteiger charge is 2.14. The zero-order chi connectivity index (χ0) is 18.9. The van der Waals surface area contributed by atoms with E-state index in [-0.39, 0.29) is 18.4 Å². The van der Waals surface area contributed by atoms with Gasteiger partial charge in [-0.1, -0.05) is 55.0 Å². The van der Waals surface area contributed by atoms with Crippen LogP contribution in [0, 0.1) is 6.92 Å². The maximum atomic E-state index is 12.2. The van der Waals surface area contributed by atoms with E-state index in [2.05, 4.69) is 30.4 Å². The van der Waals surface area contributed by atoms with Gasteiger partial charge in [-0.3, -0.25) is 9.59 Å². The predicted molar refractivity (Wildman–Crippen MR) is 109 cm³/mol. The Morgan fingerprint density at radius 2 is 1.88 bits per heavy atom. The molecule has 0 aliphatic carbocycles. The number of amides is 2. The molecule has 0 saturated carbocycles. The molecule has 4 nitrogen and oxygen atoms in total. The second-order valence-corrected chi connectivity index (χ2v) is 7.28. The van der Waals surface area contributed by atoms with Crippen LogP contribution >= 0.6 is 11.8 Å². The van der Waals surface area contributed by atoms with Crippen LogP contribution in [0.25, 0.3) is 0 Å². The third kappa shape index (κ3) is 6.23. The van der Waals surface area contributed by atoms with Crippen LogP contribution in [0.3, 0.4) is 0 Å². The minimum absolute atomic E-state index is 0.0402. The van der Waals surface area contributed by atoms with E-state index >= 15 is 0 Å². The van der Waals surface area contributed by atoms with Crippen LogP contribution in [-0.4, -0.2) is 36.1 Å². The van der Waals surface area contributed by atoms with Crippen LogP contribution in [0.2, 0.25) is 0 Å². The number of hydrogen-bond acceptors (Lipinski definition) is 3. The summed E-state index contributed by atoms with van der Waals surface area (Å²) in [6, 6.07) is 16.0. The Labute approximate surface area is 160 Å². The number of benzene rings is 2. The number of likely N-dealkylation sites (N-methyl/N-ethyl adjacent to an activating group) is 1. The van der Waals surface area contributed by atoms with Gasteiger partial charge in [0, 0.05) is 18.5 Å². The molecule has 0 spiro atoms. The molecule has 0 heterocycles. The van der Waals surface area contributed by atoms with Gasteiger partial charge in [0.15, 0.2) is 0 Å². The largest absolute Gasteiger partial charge is 0.336 e. The Morgan fingerprint density at radius 1 is 1.12 bits per heavy atom. The number of thioether (sulfide) groups is 1. The number of carbonyl (C=O) groups is 2. The maximum absolute atomic E-state index is 12.2. The van der Waals surface area contributed by atoms with E-state index in [1.54, 1.807) is 18.8 Å². The molecule has 0 fully saturated rings. The molecule has 0 aliphatic heterocycles. The summed E-state index contributed by atoms with van der Waals surface area (Å²) in [4.78, 5) is 25.9. The van der Waals surface area contributed by atoms with Crippen LogP contribution in [0.1, 0.15) is 23.6 Å². The first-order chi connectivity index (χ1) is 12.5. The standard InChI is InChI=1S/C21H26N2O2S/c1-4-18-10-5-6-11-19(18)22-20(24)13-23(3)21(25)15-26-14-17-9-7-8-16(2)12-17/h5-12H,4,13-15H2,1-3H3,(H,22,24). The second-order valence-electron chi connectivity index (χ2n) is 6.29. The van der Waals surface area contributed by atoms with Crippen LogP contribution in [-0.2, 0) is 21.8 Å². The topological polar surface area (TPSA) is 49.4 Å². The molecule has 2 aromatic rings. The Hall–Kier alpha value is -2.27. The van der Waals surface area contributed by atoms with Crippen LogP contribution in [0.4, 0.5) is 5.69 Å². The highest BCUT2D eigenvalue weighted by molar-refractivity contribution is 7.99. The molecule has 2 rings (SSSR count). The zero-order valence-electron chi connectivity index (χ0n) is 15.6. The third-order valence-electron chi connectivity index (χ3n) is 4.06. The van der Waals surface area contributed by atoms with Crippen LogP contribution in [0.15, 0.2) is 48.5 Å². The first-order valence-electron chi connectivity index (χ1n) is 8.74. The summed E-state index contributed by atoms with van der Waals surface area (Å²) < 4.78 is 0. The lowest BCUT2D eigenvalue weighted by Gasteiger charge is -2.17. The third-order valence-corrected chi connectivity index (χ3v) is 5.04. The van der Waals surface area contributed by atoms with E-state index in [1.807, 2.05) is 37.3 Å². The Kier molecular flexibility index (Phi) is 7.73. The fraction of sp³-hybridized carbons (Fsp3) is 0.333. The smallest absolute Gasteiger partial charge is 0.243 e. The molecular weight excluding hydrogens is 344 g/mol. The molecule has 0 radical (unpaired) electrons. The molecule has 1 N–H and O–H groups in total. The molecule has 0 aliphatic rings. The predicted octanol–water partition coefficient (Wildman–Crippen LogP) is 3.89. The van der Waals surface area contributed by atoms with Crippen molar-refractivity contribution in [3.05, 3.63) is 65.2 Å². The number of nitrogens with one attached hydrogen (secondary N) is 1. The van der Waals surface area contributed by atoms with Crippen molar-refractivity contribution in [2.75, 3.05) is 24.7 Å². The van der Waals surface area contributed by atoms with Gasteiger partial charge in [0.1, 0.15) is 0 Å². The summed E-state index contributed by atoms with van der Waals surface area (Å²) in [6.45, 7) is 4.16. The lowest BCUT2D eigenvalue weighted by Crippen LogP contribution is -2.36. The Balaban J connectivity index is 1.78. The van der Waals surface area contributed by atoms with E-state index in [0.717, 1.165) is 23.4 Å². The van der Waals surface area contributed by atoms with Crippen molar-refractivity contribution >= 4 is 29.3 Å². The van der Waals surface area contributed by atoms with Crippen molar-refractivity contribution < 1.29 is 9.59 Å². The maximum Gasteiger partial charge on any atom is 0.243 e. The summed E-state index contributed by atoms with van der Waals surface area (Å²) in [7, 11) is 1.67. The molecule has 0 bridgehead atoms. The number of nitrogens with zero attached hydrogens (tertiary/aromatic N) is 1. The summed E-state index contributed by atoms with van der Waals surface area (Å²) in [5, 5.41) is 2.90. The van der Waals surface area contributed by atoms with Gasteiger partial charge in [-0.15, -0.1) is 11.8 Å². The van der Waals surface area contributed by atoms with Gasteiger partial charge >= 0.3 is 0 Å². The van der Waals surface area contributed by atoms with Crippen molar-refractivity contribution in [2.24, 2.45) is 0 Å². The molecule has 0 aromatic heterocycles. The van der Waals surface area contributed by atoms with Crippen molar-refractivity contribution in [3.63, 3.8) is 0 Å². The lowest BCUT2D eigenvalue weighted by atomic mass is 10.1. The summed E-state index contributed by atoms with van der Waals surface area (Å²) in [5.41, 5.74) is 4.33. The Bertz CT molecular complexity index is 761.